The van der Waals surface area contributed by atoms with Crippen molar-refractivity contribution in [2.75, 3.05) is 5.32 Å². The van der Waals surface area contributed by atoms with Crippen molar-refractivity contribution in [1.82, 2.24) is 19.7 Å². The van der Waals surface area contributed by atoms with Gasteiger partial charge in [-0.3, -0.25) is 4.68 Å². The van der Waals surface area contributed by atoms with Crippen LogP contribution in [0.15, 0.2) is 18.7 Å². The minimum atomic E-state index is -1.15. The number of halogens is 1. The predicted molar refractivity (Wildman–Crippen MR) is 63.9 cm³/mol. The fraction of sp³-hybridized carbons (Fsp3) is 0.273. The highest BCUT2D eigenvalue weighted by Gasteiger charge is 2.23. The van der Waals surface area contributed by atoms with E-state index in [-0.39, 0.29) is 11.5 Å². The molecule has 2 N–H and O–H groups in total. The number of nitrogens with one attached hydrogen (secondary N) is 1. The summed E-state index contributed by atoms with van der Waals surface area (Å²) in [4.78, 5) is 18.6. The van der Waals surface area contributed by atoms with E-state index >= 15 is 0 Å². The summed E-state index contributed by atoms with van der Waals surface area (Å²) < 4.78 is 15.2. The van der Waals surface area contributed by atoms with E-state index in [2.05, 4.69) is 20.4 Å². The molecule has 7 nitrogen and oxygen atoms in total. The van der Waals surface area contributed by atoms with Gasteiger partial charge in [0.2, 0.25) is 0 Å². The number of aromatic nitrogens is 4. The van der Waals surface area contributed by atoms with E-state index in [0.29, 0.717) is 5.56 Å². The molecule has 1 atom stereocenters. The van der Waals surface area contributed by atoms with Gasteiger partial charge in [0.05, 0.1) is 11.9 Å². The van der Waals surface area contributed by atoms with Crippen LogP contribution in [0.4, 0.5) is 10.2 Å². The number of rotatable bonds is 4. The van der Waals surface area contributed by atoms with Crippen LogP contribution in [0.5, 0.6) is 0 Å². The zero-order valence-electron chi connectivity index (χ0n) is 10.3. The van der Waals surface area contributed by atoms with Crippen molar-refractivity contribution in [3.05, 3.63) is 35.8 Å². The molecule has 0 aliphatic heterocycles. The van der Waals surface area contributed by atoms with Crippen molar-refractivity contribution in [2.24, 2.45) is 7.05 Å². The van der Waals surface area contributed by atoms with Crippen LogP contribution in [0.3, 0.4) is 0 Å². The van der Waals surface area contributed by atoms with Crippen LogP contribution in [0.1, 0.15) is 17.3 Å². The topological polar surface area (TPSA) is 92.9 Å². The molecule has 0 bridgehead atoms. The van der Waals surface area contributed by atoms with Gasteiger partial charge < -0.3 is 10.4 Å². The van der Waals surface area contributed by atoms with Crippen molar-refractivity contribution in [3.8, 4) is 0 Å². The summed E-state index contributed by atoms with van der Waals surface area (Å²) in [5.41, 5.74) is 0.554. The van der Waals surface area contributed by atoms with E-state index in [1.54, 1.807) is 7.05 Å². The summed E-state index contributed by atoms with van der Waals surface area (Å²) in [5, 5.41) is 15.6. The molecule has 2 aromatic rings. The number of aryl methyl sites for hydroxylation is 2. The summed E-state index contributed by atoms with van der Waals surface area (Å²) in [6.07, 6.45) is 4.11. The minimum Gasteiger partial charge on any atom is -0.479 e. The fourth-order valence-electron chi connectivity index (χ4n) is 1.57. The maximum atomic E-state index is 13.7. The quantitative estimate of drug-likeness (QED) is 0.853. The molecule has 0 aliphatic rings. The largest absolute Gasteiger partial charge is 0.479 e. The van der Waals surface area contributed by atoms with Gasteiger partial charge in [-0.15, -0.1) is 0 Å². The predicted octanol–water partition coefficient (Wildman–Crippen LogP) is 0.895. The van der Waals surface area contributed by atoms with E-state index in [1.165, 1.54) is 30.3 Å². The third-order valence-electron chi connectivity index (χ3n) is 2.55. The van der Waals surface area contributed by atoms with Crippen LogP contribution in [0.25, 0.3) is 0 Å². The third-order valence-corrected chi connectivity index (χ3v) is 2.55. The van der Waals surface area contributed by atoms with Gasteiger partial charge in [0.15, 0.2) is 17.7 Å². The molecule has 1 unspecified atom stereocenters. The zero-order valence-corrected chi connectivity index (χ0v) is 10.3. The van der Waals surface area contributed by atoms with Crippen LogP contribution >= 0.6 is 0 Å². The molecular weight excluding hydrogens is 253 g/mol. The Bertz CT molecular complexity index is 613. The Labute approximate surface area is 108 Å². The average molecular weight is 265 g/mol. The smallest absolute Gasteiger partial charge is 0.330 e. The van der Waals surface area contributed by atoms with Crippen LogP contribution in [0.2, 0.25) is 0 Å². The lowest BCUT2D eigenvalue weighted by molar-refractivity contribution is -0.138. The van der Waals surface area contributed by atoms with Crippen LogP contribution in [-0.2, 0) is 11.8 Å². The molecule has 0 amide bonds. The number of hydrogen-bond donors (Lipinski definition) is 2. The van der Waals surface area contributed by atoms with E-state index in [1.807, 2.05) is 0 Å². The molecule has 2 heterocycles. The molecule has 0 spiro atoms. The maximum absolute atomic E-state index is 13.7. The van der Waals surface area contributed by atoms with Crippen molar-refractivity contribution in [3.63, 3.8) is 0 Å². The average Bonchev–Trinajstić information content (AvgIpc) is 2.77. The highest BCUT2D eigenvalue weighted by Crippen LogP contribution is 2.20. The monoisotopic (exact) mass is 265 g/mol. The first-order valence-corrected chi connectivity index (χ1v) is 5.44. The highest BCUT2D eigenvalue weighted by atomic mass is 19.1. The molecule has 0 radical (unpaired) electrons. The summed E-state index contributed by atoms with van der Waals surface area (Å²) in [7, 11) is 1.66. The van der Waals surface area contributed by atoms with E-state index in [9.17, 15) is 14.3 Å². The number of carboxylic acids is 1. The van der Waals surface area contributed by atoms with Crippen LogP contribution in [0, 0.1) is 12.7 Å². The van der Waals surface area contributed by atoms with Crippen molar-refractivity contribution >= 4 is 11.8 Å². The lowest BCUT2D eigenvalue weighted by atomic mass is 10.1. The summed E-state index contributed by atoms with van der Waals surface area (Å²) >= 11 is 0. The molecule has 8 heteroatoms. The molecule has 0 aliphatic carbocycles. The molecule has 0 aromatic carbocycles. The Balaban J connectivity index is 2.32. The second kappa shape index (κ2) is 5.01. The van der Waals surface area contributed by atoms with Crippen LogP contribution < -0.4 is 5.32 Å². The number of nitrogens with zero attached hydrogens (tertiary/aromatic N) is 4. The van der Waals surface area contributed by atoms with E-state index in [4.69, 9.17) is 0 Å². The van der Waals surface area contributed by atoms with Crippen molar-refractivity contribution in [2.45, 2.75) is 13.0 Å². The summed E-state index contributed by atoms with van der Waals surface area (Å²) in [6.45, 7) is 1.47. The standard InChI is InChI=1S/C11H12FN5O2/c1-6-8(12)10(14-5-13-6)16-9(11(18)19)7-3-15-17(2)4-7/h3-5,9H,1-2H3,(H,18,19)(H,13,14,16). The Kier molecular flexibility index (Phi) is 3.41. The molecule has 0 saturated heterocycles. The van der Waals surface area contributed by atoms with E-state index < -0.39 is 17.8 Å². The van der Waals surface area contributed by atoms with Gasteiger partial charge in [0.25, 0.3) is 0 Å². The zero-order chi connectivity index (χ0) is 14.0. The van der Waals surface area contributed by atoms with Crippen molar-refractivity contribution in [1.29, 1.82) is 0 Å². The van der Waals surface area contributed by atoms with Gasteiger partial charge in [-0.05, 0) is 6.92 Å². The Morgan fingerprint density at radius 1 is 1.53 bits per heavy atom. The number of carbonyl (C=O) groups is 1. The molecule has 2 rings (SSSR count). The van der Waals surface area contributed by atoms with Gasteiger partial charge >= 0.3 is 5.97 Å². The second-order valence-electron chi connectivity index (χ2n) is 3.98. The molecule has 0 fully saturated rings. The van der Waals surface area contributed by atoms with Crippen molar-refractivity contribution < 1.29 is 14.3 Å². The SMILES string of the molecule is Cc1ncnc(NC(C(=O)O)c2cnn(C)c2)c1F. The minimum absolute atomic E-state index is 0.146. The molecule has 0 saturated carbocycles. The van der Waals surface area contributed by atoms with Gasteiger partial charge in [0, 0.05) is 18.8 Å². The highest BCUT2D eigenvalue weighted by molar-refractivity contribution is 5.78. The first-order chi connectivity index (χ1) is 8.99. The molecule has 19 heavy (non-hydrogen) atoms. The maximum Gasteiger partial charge on any atom is 0.330 e. The molecule has 100 valence electrons. The Hall–Kier alpha value is -2.51. The second-order valence-corrected chi connectivity index (χ2v) is 3.98. The summed E-state index contributed by atoms with van der Waals surface area (Å²) in [5.74, 6) is -1.97. The summed E-state index contributed by atoms with van der Waals surface area (Å²) in [6, 6.07) is -1.13. The number of aliphatic carboxylic acids is 1. The third kappa shape index (κ3) is 2.67. The van der Waals surface area contributed by atoms with Gasteiger partial charge in [-0.2, -0.15) is 5.10 Å². The van der Waals surface area contributed by atoms with Gasteiger partial charge in [0.1, 0.15) is 6.33 Å². The normalized spacial score (nSPS) is 12.2. The van der Waals surface area contributed by atoms with Gasteiger partial charge in [-0.1, -0.05) is 0 Å². The molecular formula is C11H12FN5O2. The Morgan fingerprint density at radius 2 is 2.26 bits per heavy atom. The lowest BCUT2D eigenvalue weighted by Crippen LogP contribution is -2.21. The number of anilines is 1. The van der Waals surface area contributed by atoms with Crippen LogP contribution in [-0.4, -0.2) is 30.8 Å². The molecule has 2 aromatic heterocycles. The fourth-order valence-corrected chi connectivity index (χ4v) is 1.57. The Morgan fingerprint density at radius 3 is 2.84 bits per heavy atom. The number of hydrogen-bond acceptors (Lipinski definition) is 5. The first-order valence-electron chi connectivity index (χ1n) is 5.44. The number of carboxylic acid groups (broad SMARTS) is 1. The van der Waals surface area contributed by atoms with E-state index in [0.717, 1.165) is 0 Å². The lowest BCUT2D eigenvalue weighted by Gasteiger charge is -2.14. The first kappa shape index (κ1) is 12.9. The van der Waals surface area contributed by atoms with Gasteiger partial charge in [-0.25, -0.2) is 19.2 Å².